The molecule has 4 nitrogen and oxygen atoms in total. The van der Waals surface area contributed by atoms with E-state index in [1.165, 1.54) is 0 Å². The molecule has 0 aromatic heterocycles. The van der Waals surface area contributed by atoms with Crippen molar-refractivity contribution in [2.24, 2.45) is 17.6 Å². The lowest BCUT2D eigenvalue weighted by atomic mass is 9.87. The van der Waals surface area contributed by atoms with Crippen LogP contribution in [0.5, 0.6) is 0 Å². The second kappa shape index (κ2) is 5.83. The normalized spacial score (nSPS) is 28.1. The molecule has 1 aliphatic rings. The highest BCUT2D eigenvalue weighted by molar-refractivity contribution is 5.80. The van der Waals surface area contributed by atoms with Crippen molar-refractivity contribution in [3.63, 3.8) is 0 Å². The first-order valence-corrected chi connectivity index (χ1v) is 6.58. The number of hydrogen-bond acceptors (Lipinski definition) is 3. The van der Waals surface area contributed by atoms with Crippen molar-refractivity contribution in [3.05, 3.63) is 0 Å². The summed E-state index contributed by atoms with van der Waals surface area (Å²) in [7, 11) is 0. The van der Waals surface area contributed by atoms with Gasteiger partial charge in [0.1, 0.15) is 0 Å². The highest BCUT2D eigenvalue weighted by Crippen LogP contribution is 2.25. The third-order valence-corrected chi connectivity index (χ3v) is 4.06. The predicted molar refractivity (Wildman–Crippen MR) is 68.6 cm³/mol. The molecule has 1 aliphatic heterocycles. The quantitative estimate of drug-likeness (QED) is 0.763. The van der Waals surface area contributed by atoms with Crippen molar-refractivity contribution in [1.82, 2.24) is 5.32 Å². The Kier molecular flexibility index (Phi) is 4.95. The molecule has 17 heavy (non-hydrogen) atoms. The molecule has 3 N–H and O–H groups in total. The first kappa shape index (κ1) is 14.5. The smallest absolute Gasteiger partial charge is 0.226 e. The van der Waals surface area contributed by atoms with E-state index < -0.39 is 0 Å². The van der Waals surface area contributed by atoms with Crippen molar-refractivity contribution in [2.75, 3.05) is 13.2 Å². The first-order valence-electron chi connectivity index (χ1n) is 6.58. The van der Waals surface area contributed by atoms with Crippen LogP contribution in [0.1, 0.15) is 40.5 Å². The fourth-order valence-electron chi connectivity index (χ4n) is 2.16. The number of rotatable bonds is 5. The summed E-state index contributed by atoms with van der Waals surface area (Å²) in [5.74, 6) is 0.402. The van der Waals surface area contributed by atoms with Crippen LogP contribution in [-0.4, -0.2) is 30.7 Å². The third-order valence-electron chi connectivity index (χ3n) is 4.06. The summed E-state index contributed by atoms with van der Waals surface area (Å²) in [6.07, 6.45) is 1.78. The maximum Gasteiger partial charge on any atom is 0.226 e. The lowest BCUT2D eigenvalue weighted by molar-refractivity contribution is -0.129. The summed E-state index contributed by atoms with van der Waals surface area (Å²) >= 11 is 0. The summed E-state index contributed by atoms with van der Waals surface area (Å²) in [5, 5.41) is 3.10. The van der Waals surface area contributed by atoms with Crippen LogP contribution in [-0.2, 0) is 9.53 Å². The molecule has 0 spiro atoms. The fraction of sp³-hybridized carbons (Fsp3) is 0.923. The van der Waals surface area contributed by atoms with Gasteiger partial charge in [-0.2, -0.15) is 0 Å². The molecule has 0 aromatic rings. The number of hydrogen-bond donors (Lipinski definition) is 2. The molecule has 0 aromatic carbocycles. The van der Waals surface area contributed by atoms with Crippen LogP contribution < -0.4 is 11.1 Å². The van der Waals surface area contributed by atoms with Gasteiger partial charge in [-0.15, -0.1) is 0 Å². The summed E-state index contributed by atoms with van der Waals surface area (Å²) < 4.78 is 5.55. The van der Waals surface area contributed by atoms with Crippen LogP contribution in [0.4, 0.5) is 0 Å². The molecule has 1 amide bonds. The largest absolute Gasteiger partial charge is 0.377 e. The molecule has 1 heterocycles. The second-order valence-corrected chi connectivity index (χ2v) is 5.48. The van der Waals surface area contributed by atoms with E-state index in [1.807, 2.05) is 6.92 Å². The van der Waals surface area contributed by atoms with E-state index in [0.717, 1.165) is 12.8 Å². The molecule has 0 bridgehead atoms. The van der Waals surface area contributed by atoms with Crippen molar-refractivity contribution in [2.45, 2.75) is 52.2 Å². The van der Waals surface area contributed by atoms with Gasteiger partial charge in [-0.05, 0) is 25.7 Å². The number of carbonyl (C=O) groups is 1. The van der Waals surface area contributed by atoms with Gasteiger partial charge < -0.3 is 15.8 Å². The number of nitrogens with one attached hydrogen (secondary N) is 1. The molecule has 1 saturated heterocycles. The molecule has 0 saturated carbocycles. The number of amides is 1. The van der Waals surface area contributed by atoms with Gasteiger partial charge in [0, 0.05) is 13.2 Å². The maximum atomic E-state index is 12.2. The van der Waals surface area contributed by atoms with Gasteiger partial charge in [-0.3, -0.25) is 4.79 Å². The van der Waals surface area contributed by atoms with E-state index in [-0.39, 0.29) is 23.5 Å². The average Bonchev–Trinajstić information content (AvgIpc) is 2.76. The molecule has 1 rings (SSSR count). The zero-order valence-electron chi connectivity index (χ0n) is 11.5. The Labute approximate surface area is 104 Å². The molecular formula is C13H26N2O2. The highest BCUT2D eigenvalue weighted by Gasteiger charge is 2.37. The van der Waals surface area contributed by atoms with Gasteiger partial charge in [0.2, 0.25) is 5.91 Å². The van der Waals surface area contributed by atoms with Crippen molar-refractivity contribution < 1.29 is 9.53 Å². The van der Waals surface area contributed by atoms with E-state index in [9.17, 15) is 4.79 Å². The molecule has 3 unspecified atom stereocenters. The number of nitrogens with two attached hydrogens (primary N) is 1. The summed E-state index contributed by atoms with van der Waals surface area (Å²) in [6, 6.07) is 0. The van der Waals surface area contributed by atoms with Gasteiger partial charge in [-0.25, -0.2) is 0 Å². The van der Waals surface area contributed by atoms with Crippen molar-refractivity contribution in [3.8, 4) is 0 Å². The Morgan fingerprint density at radius 2 is 2.24 bits per heavy atom. The zero-order valence-corrected chi connectivity index (χ0v) is 11.5. The third kappa shape index (κ3) is 3.19. The minimum atomic E-state index is -0.321. The Hall–Kier alpha value is -0.610. The summed E-state index contributed by atoms with van der Waals surface area (Å²) in [4.78, 5) is 12.2. The second-order valence-electron chi connectivity index (χ2n) is 5.48. The van der Waals surface area contributed by atoms with Gasteiger partial charge in [0.05, 0.1) is 17.6 Å². The first-order chi connectivity index (χ1) is 7.94. The zero-order chi connectivity index (χ0) is 13.1. The lowest BCUT2D eigenvalue weighted by Crippen LogP contribution is -2.57. The number of ether oxygens (including phenoxy) is 1. The Bertz CT molecular complexity index is 268. The van der Waals surface area contributed by atoms with Crippen LogP contribution in [0.15, 0.2) is 0 Å². The molecule has 0 radical (unpaired) electrons. The Morgan fingerprint density at radius 1 is 1.59 bits per heavy atom. The molecule has 0 aliphatic carbocycles. The minimum absolute atomic E-state index is 0.00961. The summed E-state index contributed by atoms with van der Waals surface area (Å²) in [6.45, 7) is 9.37. The monoisotopic (exact) mass is 242 g/mol. The van der Waals surface area contributed by atoms with Crippen molar-refractivity contribution in [1.29, 1.82) is 0 Å². The molecule has 3 atom stereocenters. The SMILES string of the molecule is CCC1OCCC1C(=O)NC(C)(CN)C(C)C. The van der Waals surface area contributed by atoms with E-state index in [1.54, 1.807) is 0 Å². The highest BCUT2D eigenvalue weighted by atomic mass is 16.5. The fourth-order valence-corrected chi connectivity index (χ4v) is 2.16. The average molecular weight is 242 g/mol. The number of carbonyl (C=O) groups excluding carboxylic acids is 1. The van der Waals surface area contributed by atoms with Crippen LogP contribution in [0.25, 0.3) is 0 Å². The Balaban J connectivity index is 2.64. The van der Waals surface area contributed by atoms with Gasteiger partial charge in [0.25, 0.3) is 0 Å². The van der Waals surface area contributed by atoms with E-state index >= 15 is 0 Å². The van der Waals surface area contributed by atoms with Crippen LogP contribution in [0.2, 0.25) is 0 Å². The van der Waals surface area contributed by atoms with E-state index in [4.69, 9.17) is 10.5 Å². The maximum absolute atomic E-state index is 12.2. The van der Waals surface area contributed by atoms with E-state index in [2.05, 4.69) is 26.1 Å². The predicted octanol–water partition coefficient (Wildman–Crippen LogP) is 1.29. The molecule has 100 valence electrons. The van der Waals surface area contributed by atoms with Gasteiger partial charge >= 0.3 is 0 Å². The lowest BCUT2D eigenvalue weighted by Gasteiger charge is -2.35. The minimum Gasteiger partial charge on any atom is -0.377 e. The molecular weight excluding hydrogens is 216 g/mol. The van der Waals surface area contributed by atoms with Crippen LogP contribution in [0, 0.1) is 11.8 Å². The van der Waals surface area contributed by atoms with Crippen molar-refractivity contribution >= 4 is 5.91 Å². The standard InChI is InChI=1S/C13H26N2O2/c1-5-11-10(6-7-17-11)12(16)15-13(4,8-14)9(2)3/h9-11H,5-8,14H2,1-4H3,(H,15,16). The van der Waals surface area contributed by atoms with E-state index in [0.29, 0.717) is 19.1 Å². The topological polar surface area (TPSA) is 64.3 Å². The van der Waals surface area contributed by atoms with Gasteiger partial charge in [-0.1, -0.05) is 20.8 Å². The van der Waals surface area contributed by atoms with Crippen LogP contribution >= 0.6 is 0 Å². The molecule has 4 heteroatoms. The summed E-state index contributed by atoms with van der Waals surface area (Å²) in [5.41, 5.74) is 5.45. The molecule has 1 fully saturated rings. The van der Waals surface area contributed by atoms with Gasteiger partial charge in [0.15, 0.2) is 0 Å². The van der Waals surface area contributed by atoms with Crippen LogP contribution in [0.3, 0.4) is 0 Å². The Morgan fingerprint density at radius 3 is 2.71 bits per heavy atom.